The van der Waals surface area contributed by atoms with Gasteiger partial charge >= 0.3 is 0 Å². The normalized spacial score (nSPS) is 14.3. The molecule has 3 rings (SSSR count). The van der Waals surface area contributed by atoms with Crippen LogP contribution in [0, 0.1) is 5.82 Å². The van der Waals surface area contributed by atoms with Gasteiger partial charge in [-0.1, -0.05) is 11.6 Å². The van der Waals surface area contributed by atoms with Crippen molar-refractivity contribution in [1.82, 2.24) is 0 Å². The third-order valence-electron chi connectivity index (χ3n) is 3.47. The summed E-state index contributed by atoms with van der Waals surface area (Å²) >= 11 is 5.84. The van der Waals surface area contributed by atoms with Crippen molar-refractivity contribution in [1.29, 1.82) is 0 Å². The predicted octanol–water partition coefficient (Wildman–Crippen LogP) is 3.60. The molecule has 0 unspecified atom stereocenters. The largest absolute Gasteiger partial charge is 0.321 e. The molecular formula is C17H13ClFN3O2. The van der Waals surface area contributed by atoms with Gasteiger partial charge in [0, 0.05) is 23.6 Å². The number of benzene rings is 2. The molecule has 2 aromatic carbocycles. The Balaban J connectivity index is 1.80. The van der Waals surface area contributed by atoms with E-state index in [1.165, 1.54) is 29.3 Å². The molecule has 1 N–H and O–H groups in total. The Morgan fingerprint density at radius 1 is 1.08 bits per heavy atom. The van der Waals surface area contributed by atoms with Crippen LogP contribution in [0.4, 0.5) is 15.8 Å². The molecule has 1 heterocycles. The molecule has 0 radical (unpaired) electrons. The van der Waals surface area contributed by atoms with E-state index in [9.17, 15) is 14.0 Å². The third-order valence-corrected chi connectivity index (χ3v) is 3.72. The standard InChI is InChI=1S/C17H13ClFN3O2/c18-11-1-7-14(8-2-11)22-16(23)10-9-15(21-22)17(24)20-13-5-3-12(19)4-6-13/h1-8H,9-10H2,(H,20,24). The van der Waals surface area contributed by atoms with Crippen molar-refractivity contribution in [2.45, 2.75) is 12.8 Å². The molecule has 1 aliphatic rings. The molecule has 0 atom stereocenters. The van der Waals surface area contributed by atoms with E-state index in [4.69, 9.17) is 11.6 Å². The quantitative estimate of drug-likeness (QED) is 0.923. The average Bonchev–Trinajstić information content (AvgIpc) is 2.58. The number of hydrogen-bond acceptors (Lipinski definition) is 3. The zero-order valence-corrected chi connectivity index (χ0v) is 13.3. The second-order valence-corrected chi connectivity index (χ2v) is 5.63. The molecule has 24 heavy (non-hydrogen) atoms. The van der Waals surface area contributed by atoms with Crippen molar-refractivity contribution in [2.24, 2.45) is 5.10 Å². The number of nitrogens with zero attached hydrogens (tertiary/aromatic N) is 2. The summed E-state index contributed by atoms with van der Waals surface area (Å²) in [6, 6.07) is 12.0. The van der Waals surface area contributed by atoms with Crippen LogP contribution in [-0.4, -0.2) is 17.5 Å². The molecule has 2 aromatic rings. The summed E-state index contributed by atoms with van der Waals surface area (Å²) < 4.78 is 12.9. The molecule has 0 aliphatic carbocycles. The fourth-order valence-electron chi connectivity index (χ4n) is 2.24. The van der Waals surface area contributed by atoms with Crippen LogP contribution < -0.4 is 10.3 Å². The van der Waals surface area contributed by atoms with Gasteiger partial charge in [-0.15, -0.1) is 0 Å². The monoisotopic (exact) mass is 345 g/mol. The van der Waals surface area contributed by atoms with Crippen LogP contribution in [-0.2, 0) is 9.59 Å². The highest BCUT2D eigenvalue weighted by Gasteiger charge is 2.25. The highest BCUT2D eigenvalue weighted by molar-refractivity contribution is 6.44. The van der Waals surface area contributed by atoms with E-state index >= 15 is 0 Å². The summed E-state index contributed by atoms with van der Waals surface area (Å²) in [6.07, 6.45) is 0.425. The van der Waals surface area contributed by atoms with Crippen LogP contribution in [0.2, 0.25) is 5.02 Å². The van der Waals surface area contributed by atoms with Gasteiger partial charge in [0.05, 0.1) is 5.69 Å². The van der Waals surface area contributed by atoms with E-state index in [1.807, 2.05) is 0 Å². The first-order valence-corrected chi connectivity index (χ1v) is 7.63. The summed E-state index contributed by atoms with van der Waals surface area (Å²) in [5.41, 5.74) is 1.23. The Morgan fingerprint density at radius 3 is 2.42 bits per heavy atom. The number of carbonyl (C=O) groups is 2. The number of halogens is 2. The second kappa shape index (κ2) is 6.80. The zero-order valence-electron chi connectivity index (χ0n) is 12.5. The van der Waals surface area contributed by atoms with Crippen molar-refractivity contribution < 1.29 is 14.0 Å². The summed E-state index contributed by atoms with van der Waals surface area (Å²) in [5, 5.41) is 8.52. The van der Waals surface area contributed by atoms with Gasteiger partial charge in [0.25, 0.3) is 5.91 Å². The van der Waals surface area contributed by atoms with E-state index < -0.39 is 5.91 Å². The maximum Gasteiger partial charge on any atom is 0.271 e. The van der Waals surface area contributed by atoms with E-state index in [-0.39, 0.29) is 30.3 Å². The minimum atomic E-state index is -0.423. The number of hydrogen-bond donors (Lipinski definition) is 1. The number of amides is 2. The molecule has 7 heteroatoms. The Hall–Kier alpha value is -2.73. The minimum Gasteiger partial charge on any atom is -0.321 e. The topological polar surface area (TPSA) is 61.8 Å². The number of hydrazone groups is 1. The van der Waals surface area contributed by atoms with Gasteiger partial charge in [-0.2, -0.15) is 5.10 Å². The second-order valence-electron chi connectivity index (χ2n) is 5.19. The molecule has 122 valence electrons. The highest BCUT2D eigenvalue weighted by atomic mass is 35.5. The van der Waals surface area contributed by atoms with Gasteiger partial charge in [0.2, 0.25) is 5.91 Å². The molecule has 0 spiro atoms. The first kappa shape index (κ1) is 16.1. The van der Waals surface area contributed by atoms with Crippen LogP contribution in [0.3, 0.4) is 0 Å². The lowest BCUT2D eigenvalue weighted by Crippen LogP contribution is -2.36. The molecule has 0 saturated heterocycles. The third kappa shape index (κ3) is 3.60. The van der Waals surface area contributed by atoms with Crippen molar-refractivity contribution in [3.05, 3.63) is 59.4 Å². The molecule has 5 nitrogen and oxygen atoms in total. The van der Waals surface area contributed by atoms with Gasteiger partial charge in [-0.3, -0.25) is 9.59 Å². The zero-order chi connectivity index (χ0) is 17.1. The maximum atomic E-state index is 12.9. The number of rotatable bonds is 3. The molecule has 0 fully saturated rings. The lowest BCUT2D eigenvalue weighted by atomic mass is 10.1. The predicted molar refractivity (Wildman–Crippen MR) is 90.6 cm³/mol. The van der Waals surface area contributed by atoms with Crippen LogP contribution in [0.25, 0.3) is 0 Å². The summed E-state index contributed by atoms with van der Waals surface area (Å²) in [6.45, 7) is 0. The van der Waals surface area contributed by atoms with Gasteiger partial charge in [-0.05, 0) is 48.5 Å². The Labute approximate surface area is 142 Å². The van der Waals surface area contributed by atoms with Gasteiger partial charge in [-0.25, -0.2) is 9.40 Å². The van der Waals surface area contributed by atoms with Crippen molar-refractivity contribution in [3.63, 3.8) is 0 Å². The van der Waals surface area contributed by atoms with E-state index in [1.54, 1.807) is 24.3 Å². The number of anilines is 2. The van der Waals surface area contributed by atoms with Crippen molar-refractivity contribution in [3.8, 4) is 0 Å². The van der Waals surface area contributed by atoms with Crippen molar-refractivity contribution >= 4 is 40.5 Å². The lowest BCUT2D eigenvalue weighted by molar-refractivity contribution is -0.118. The van der Waals surface area contributed by atoms with Gasteiger partial charge in [0.1, 0.15) is 11.5 Å². The minimum absolute atomic E-state index is 0.179. The fourth-order valence-corrected chi connectivity index (χ4v) is 2.36. The van der Waals surface area contributed by atoms with E-state index in [0.717, 1.165) is 0 Å². The molecule has 0 bridgehead atoms. The van der Waals surface area contributed by atoms with Crippen LogP contribution >= 0.6 is 11.6 Å². The highest BCUT2D eigenvalue weighted by Crippen LogP contribution is 2.22. The fraction of sp³-hybridized carbons (Fsp3) is 0.118. The van der Waals surface area contributed by atoms with Crippen molar-refractivity contribution in [2.75, 3.05) is 10.3 Å². The molecule has 0 saturated carbocycles. The first-order valence-electron chi connectivity index (χ1n) is 7.26. The van der Waals surface area contributed by atoms with Crippen LogP contribution in [0.1, 0.15) is 12.8 Å². The van der Waals surface area contributed by atoms with Crippen LogP contribution in [0.15, 0.2) is 53.6 Å². The summed E-state index contributed by atoms with van der Waals surface area (Å²) in [4.78, 5) is 24.4. The number of carbonyl (C=O) groups excluding carboxylic acids is 2. The average molecular weight is 346 g/mol. The van der Waals surface area contributed by atoms with Crippen LogP contribution in [0.5, 0.6) is 0 Å². The molecule has 0 aromatic heterocycles. The maximum absolute atomic E-state index is 12.9. The Bertz CT molecular complexity index is 804. The Morgan fingerprint density at radius 2 is 1.75 bits per heavy atom. The molecular weight excluding hydrogens is 333 g/mol. The SMILES string of the molecule is O=C(Nc1ccc(F)cc1)C1=NN(c2ccc(Cl)cc2)C(=O)CC1. The van der Waals surface area contributed by atoms with E-state index in [2.05, 4.69) is 10.4 Å². The number of nitrogens with one attached hydrogen (secondary N) is 1. The first-order chi connectivity index (χ1) is 11.5. The lowest BCUT2D eigenvalue weighted by Gasteiger charge is -2.23. The molecule has 2 amide bonds. The van der Waals surface area contributed by atoms with E-state index in [0.29, 0.717) is 16.4 Å². The summed E-state index contributed by atoms with van der Waals surface area (Å²) in [7, 11) is 0. The van der Waals surface area contributed by atoms with Gasteiger partial charge < -0.3 is 5.32 Å². The Kier molecular flexibility index (Phi) is 4.57. The molecule has 1 aliphatic heterocycles. The summed E-state index contributed by atoms with van der Waals surface area (Å²) in [5.74, 6) is -1.01. The van der Waals surface area contributed by atoms with Gasteiger partial charge in [0.15, 0.2) is 0 Å². The smallest absolute Gasteiger partial charge is 0.271 e.